The van der Waals surface area contributed by atoms with Crippen LogP contribution >= 0.6 is 11.8 Å². The third kappa shape index (κ3) is 3.80. The minimum atomic E-state index is -0.331. The van der Waals surface area contributed by atoms with E-state index < -0.39 is 0 Å². The van der Waals surface area contributed by atoms with Gasteiger partial charge in [0.2, 0.25) is 5.16 Å². The second kappa shape index (κ2) is 7.74. The number of thioether (sulfide) groups is 1. The molecule has 0 aliphatic heterocycles. The Labute approximate surface area is 143 Å². The molecule has 3 aromatic rings. The van der Waals surface area contributed by atoms with Gasteiger partial charge in [0.25, 0.3) is 0 Å². The van der Waals surface area contributed by atoms with E-state index in [1.165, 1.54) is 24.0 Å². The Morgan fingerprint density at radius 1 is 1.12 bits per heavy atom. The first-order chi connectivity index (χ1) is 11.8. The van der Waals surface area contributed by atoms with Crippen LogP contribution in [0, 0.1) is 5.82 Å². The fourth-order valence-electron chi connectivity index (χ4n) is 1.99. The zero-order chi connectivity index (χ0) is 16.8. The van der Waals surface area contributed by atoms with Crippen molar-refractivity contribution in [1.29, 1.82) is 0 Å². The number of hydrogen-bond donors (Lipinski definition) is 0. The molecule has 0 saturated heterocycles. The molecule has 7 heteroatoms. The fraction of sp³-hybridized carbons (Fsp3) is 0.118. The van der Waals surface area contributed by atoms with Crippen molar-refractivity contribution in [3.05, 3.63) is 71.8 Å². The molecule has 1 heterocycles. The van der Waals surface area contributed by atoms with Gasteiger partial charge >= 0.3 is 0 Å². The summed E-state index contributed by atoms with van der Waals surface area (Å²) >= 11 is 1.40. The molecule has 3 rings (SSSR count). The van der Waals surface area contributed by atoms with E-state index in [4.69, 9.17) is 4.74 Å². The van der Waals surface area contributed by atoms with E-state index >= 15 is 0 Å². The lowest BCUT2D eigenvalue weighted by molar-refractivity contribution is 0.290. The normalized spacial score (nSPS) is 11.1. The Balaban J connectivity index is 1.81. The number of benzene rings is 2. The highest BCUT2D eigenvalue weighted by molar-refractivity contribution is 7.98. The maximum Gasteiger partial charge on any atom is 0.211 e. The molecule has 0 fully saturated rings. The van der Waals surface area contributed by atoms with Gasteiger partial charge in [-0.2, -0.15) is 9.78 Å². The molecule has 5 nitrogen and oxygen atoms in total. The van der Waals surface area contributed by atoms with Crippen LogP contribution in [0.3, 0.4) is 0 Å². The van der Waals surface area contributed by atoms with E-state index in [2.05, 4.69) is 15.3 Å². The molecule has 0 radical (unpaired) electrons. The van der Waals surface area contributed by atoms with Crippen LogP contribution in [-0.4, -0.2) is 27.3 Å². The van der Waals surface area contributed by atoms with Gasteiger partial charge in [0.15, 0.2) is 5.82 Å². The second-order valence-electron chi connectivity index (χ2n) is 4.78. The van der Waals surface area contributed by atoms with Gasteiger partial charge in [-0.25, -0.2) is 4.39 Å². The SMILES string of the molecule is CSc1nnc(COc2ccccc2)n1/N=C\c1ccccc1F. The number of ether oxygens (including phenoxy) is 1. The zero-order valence-corrected chi connectivity index (χ0v) is 13.8. The Bertz CT molecular complexity index is 836. The number of para-hydroxylation sites is 1. The first-order valence-corrected chi connectivity index (χ1v) is 8.45. The van der Waals surface area contributed by atoms with Crippen LogP contribution in [0.1, 0.15) is 11.4 Å². The molecule has 0 aliphatic rings. The predicted molar refractivity (Wildman–Crippen MR) is 92.0 cm³/mol. The monoisotopic (exact) mass is 342 g/mol. The van der Waals surface area contributed by atoms with E-state index in [0.717, 1.165) is 5.75 Å². The van der Waals surface area contributed by atoms with Crippen molar-refractivity contribution in [3.8, 4) is 5.75 Å². The summed E-state index contributed by atoms with van der Waals surface area (Å²) < 4.78 is 21.0. The number of rotatable bonds is 6. The highest BCUT2D eigenvalue weighted by Gasteiger charge is 2.11. The molecule has 0 aliphatic carbocycles. The quantitative estimate of drug-likeness (QED) is 0.507. The molecule has 0 atom stereocenters. The van der Waals surface area contributed by atoms with E-state index in [1.807, 2.05) is 36.6 Å². The topological polar surface area (TPSA) is 52.3 Å². The van der Waals surface area contributed by atoms with Crippen LogP contribution in [0.25, 0.3) is 0 Å². The molecule has 0 bridgehead atoms. The lowest BCUT2D eigenvalue weighted by atomic mass is 10.2. The van der Waals surface area contributed by atoms with E-state index in [-0.39, 0.29) is 12.4 Å². The van der Waals surface area contributed by atoms with Gasteiger partial charge in [0, 0.05) is 5.56 Å². The third-order valence-corrected chi connectivity index (χ3v) is 3.81. The number of halogens is 1. The van der Waals surface area contributed by atoms with Crippen LogP contribution < -0.4 is 4.74 Å². The molecule has 122 valence electrons. The maximum atomic E-state index is 13.7. The standard InChI is InChI=1S/C17H15FN4OS/c1-24-17-21-20-16(12-23-14-8-3-2-4-9-14)22(17)19-11-13-7-5-6-10-15(13)18/h2-11H,12H2,1H3/b19-11-. The van der Waals surface area contributed by atoms with Crippen LogP contribution in [0.4, 0.5) is 4.39 Å². The van der Waals surface area contributed by atoms with Crippen LogP contribution in [0.5, 0.6) is 5.75 Å². The molecule has 0 saturated carbocycles. The molecule has 24 heavy (non-hydrogen) atoms. The molecule has 2 aromatic carbocycles. The Hall–Kier alpha value is -2.67. The van der Waals surface area contributed by atoms with Gasteiger partial charge in [-0.3, -0.25) is 0 Å². The summed E-state index contributed by atoms with van der Waals surface area (Å²) in [5.41, 5.74) is 0.396. The summed E-state index contributed by atoms with van der Waals surface area (Å²) in [5.74, 6) is 0.939. The lowest BCUT2D eigenvalue weighted by Crippen LogP contribution is -2.05. The zero-order valence-electron chi connectivity index (χ0n) is 13.0. The molecule has 0 amide bonds. The lowest BCUT2D eigenvalue weighted by Gasteiger charge is -2.06. The number of aromatic nitrogens is 3. The number of hydrogen-bond acceptors (Lipinski definition) is 5. The second-order valence-corrected chi connectivity index (χ2v) is 5.56. The van der Waals surface area contributed by atoms with Crippen molar-refractivity contribution in [2.75, 3.05) is 6.26 Å². The first-order valence-electron chi connectivity index (χ1n) is 7.23. The molecule has 0 unspecified atom stereocenters. The molecule has 0 spiro atoms. The fourth-order valence-corrected chi connectivity index (χ4v) is 2.44. The van der Waals surface area contributed by atoms with Crippen molar-refractivity contribution in [2.24, 2.45) is 5.10 Å². The summed E-state index contributed by atoms with van der Waals surface area (Å²) in [7, 11) is 0. The molecule has 0 N–H and O–H groups in total. The van der Waals surface area contributed by atoms with Crippen molar-refractivity contribution in [2.45, 2.75) is 11.8 Å². The van der Waals surface area contributed by atoms with Gasteiger partial charge in [-0.15, -0.1) is 10.2 Å². The smallest absolute Gasteiger partial charge is 0.211 e. The van der Waals surface area contributed by atoms with Gasteiger partial charge in [-0.1, -0.05) is 48.2 Å². The Morgan fingerprint density at radius 2 is 1.88 bits per heavy atom. The molecule has 1 aromatic heterocycles. The predicted octanol–water partition coefficient (Wildman–Crippen LogP) is 3.60. The summed E-state index contributed by atoms with van der Waals surface area (Å²) in [6.45, 7) is 0.214. The Morgan fingerprint density at radius 3 is 2.62 bits per heavy atom. The van der Waals surface area contributed by atoms with Crippen molar-refractivity contribution in [3.63, 3.8) is 0 Å². The summed E-state index contributed by atoms with van der Waals surface area (Å²) in [6.07, 6.45) is 3.32. The van der Waals surface area contributed by atoms with Crippen LogP contribution in [-0.2, 0) is 6.61 Å². The molecular formula is C17H15FN4OS. The van der Waals surface area contributed by atoms with E-state index in [1.54, 1.807) is 22.9 Å². The highest BCUT2D eigenvalue weighted by atomic mass is 32.2. The largest absolute Gasteiger partial charge is 0.486 e. The van der Waals surface area contributed by atoms with Gasteiger partial charge in [-0.05, 0) is 24.5 Å². The van der Waals surface area contributed by atoms with Gasteiger partial charge < -0.3 is 4.74 Å². The average Bonchev–Trinajstić information content (AvgIpc) is 3.02. The minimum Gasteiger partial charge on any atom is -0.486 e. The minimum absolute atomic E-state index is 0.214. The first kappa shape index (κ1) is 16.2. The van der Waals surface area contributed by atoms with Gasteiger partial charge in [0.05, 0.1) is 6.21 Å². The van der Waals surface area contributed by atoms with E-state index in [9.17, 15) is 4.39 Å². The van der Waals surface area contributed by atoms with Crippen molar-refractivity contribution < 1.29 is 9.13 Å². The molecular weight excluding hydrogens is 327 g/mol. The summed E-state index contributed by atoms with van der Waals surface area (Å²) in [5, 5.41) is 13.1. The van der Waals surface area contributed by atoms with E-state index in [0.29, 0.717) is 16.5 Å². The number of nitrogens with zero attached hydrogens (tertiary/aromatic N) is 4. The van der Waals surface area contributed by atoms with Crippen LogP contribution in [0.2, 0.25) is 0 Å². The van der Waals surface area contributed by atoms with Gasteiger partial charge in [0.1, 0.15) is 18.2 Å². The summed E-state index contributed by atoms with van der Waals surface area (Å²) in [4.78, 5) is 0. The van der Waals surface area contributed by atoms with Crippen LogP contribution in [0.15, 0.2) is 64.9 Å². The average molecular weight is 342 g/mol. The van der Waals surface area contributed by atoms with Crippen molar-refractivity contribution >= 4 is 18.0 Å². The third-order valence-electron chi connectivity index (χ3n) is 3.19. The highest BCUT2D eigenvalue weighted by Crippen LogP contribution is 2.16. The maximum absolute atomic E-state index is 13.7. The Kier molecular flexibility index (Phi) is 5.22. The van der Waals surface area contributed by atoms with Crippen molar-refractivity contribution in [1.82, 2.24) is 14.9 Å². The summed E-state index contributed by atoms with van der Waals surface area (Å²) in [6, 6.07) is 15.9.